The van der Waals surface area contributed by atoms with Gasteiger partial charge in [0.2, 0.25) is 5.78 Å². The molecule has 5 heteroatoms. The van der Waals surface area contributed by atoms with Crippen LogP contribution in [0.2, 0.25) is 0 Å². The number of benzene rings is 3. The van der Waals surface area contributed by atoms with E-state index in [4.69, 9.17) is 4.74 Å². The first-order chi connectivity index (χ1) is 16.1. The summed E-state index contributed by atoms with van der Waals surface area (Å²) in [5.41, 5.74) is 3.09. The van der Waals surface area contributed by atoms with Gasteiger partial charge in [0.25, 0.3) is 0 Å². The van der Waals surface area contributed by atoms with E-state index in [1.807, 2.05) is 18.2 Å². The Labute approximate surface area is 195 Å². The van der Waals surface area contributed by atoms with Crippen molar-refractivity contribution in [1.82, 2.24) is 9.80 Å². The number of carbonyl (C=O) groups excluding carboxylic acids is 2. The lowest BCUT2D eigenvalue weighted by molar-refractivity contribution is -0.148. The van der Waals surface area contributed by atoms with Crippen LogP contribution in [0.3, 0.4) is 0 Å². The summed E-state index contributed by atoms with van der Waals surface area (Å²) in [4.78, 5) is 29.5. The molecule has 1 saturated heterocycles. The first-order valence-electron chi connectivity index (χ1n) is 11.5. The molecule has 1 heterocycles. The van der Waals surface area contributed by atoms with Crippen molar-refractivity contribution < 1.29 is 14.3 Å². The standard InChI is InChI=1S/C28H30N2O3/c1-22(28(32)25-15-9-4-10-16-25)33-26(31)21-29-17-19-30(20-18-29)27(23-11-5-2-6-12-23)24-13-7-3-8-14-24/h2-16,22,27H,17-21H2,1H3. The molecule has 1 unspecified atom stereocenters. The van der Waals surface area contributed by atoms with E-state index in [2.05, 4.69) is 58.3 Å². The summed E-state index contributed by atoms with van der Waals surface area (Å²) in [6.07, 6.45) is -0.790. The Bertz CT molecular complexity index is 993. The van der Waals surface area contributed by atoms with Crippen LogP contribution in [0.5, 0.6) is 0 Å². The van der Waals surface area contributed by atoms with Crippen molar-refractivity contribution in [2.75, 3.05) is 32.7 Å². The highest BCUT2D eigenvalue weighted by Gasteiger charge is 2.28. The van der Waals surface area contributed by atoms with E-state index in [0.29, 0.717) is 5.56 Å². The minimum Gasteiger partial charge on any atom is -0.453 e. The molecule has 0 spiro atoms. The summed E-state index contributed by atoms with van der Waals surface area (Å²) in [6.45, 7) is 5.07. The number of hydrogen-bond donors (Lipinski definition) is 0. The van der Waals surface area contributed by atoms with E-state index < -0.39 is 6.10 Å². The minimum atomic E-state index is -0.790. The van der Waals surface area contributed by atoms with Crippen molar-refractivity contribution in [2.45, 2.75) is 19.1 Å². The van der Waals surface area contributed by atoms with E-state index in [9.17, 15) is 9.59 Å². The van der Waals surface area contributed by atoms with Crippen molar-refractivity contribution in [3.05, 3.63) is 108 Å². The molecule has 3 aromatic rings. The molecule has 1 fully saturated rings. The smallest absolute Gasteiger partial charge is 0.320 e. The largest absolute Gasteiger partial charge is 0.453 e. The zero-order valence-electron chi connectivity index (χ0n) is 19.0. The average Bonchev–Trinajstić information content (AvgIpc) is 2.86. The molecule has 4 rings (SSSR count). The first kappa shape index (κ1) is 22.9. The molecule has 0 aliphatic carbocycles. The SMILES string of the molecule is CC(OC(=O)CN1CCN(C(c2ccccc2)c2ccccc2)CC1)C(=O)c1ccccc1. The Kier molecular flexibility index (Phi) is 7.66. The van der Waals surface area contributed by atoms with Gasteiger partial charge in [0.05, 0.1) is 12.6 Å². The predicted octanol–water partition coefficient (Wildman–Crippen LogP) is 4.21. The zero-order chi connectivity index (χ0) is 23.0. The molecule has 0 saturated carbocycles. The molecule has 1 aliphatic heterocycles. The van der Waals surface area contributed by atoms with Gasteiger partial charge in [-0.2, -0.15) is 0 Å². The maximum atomic E-state index is 12.5. The molecule has 170 valence electrons. The summed E-state index contributed by atoms with van der Waals surface area (Å²) in [7, 11) is 0. The second kappa shape index (κ2) is 11.0. The molecule has 0 radical (unpaired) electrons. The maximum absolute atomic E-state index is 12.5. The van der Waals surface area contributed by atoms with Crippen LogP contribution in [0.4, 0.5) is 0 Å². The van der Waals surface area contributed by atoms with Gasteiger partial charge in [-0.25, -0.2) is 0 Å². The predicted molar refractivity (Wildman–Crippen MR) is 129 cm³/mol. The molecule has 0 N–H and O–H groups in total. The molecule has 1 aliphatic rings. The monoisotopic (exact) mass is 442 g/mol. The molecular formula is C28H30N2O3. The van der Waals surface area contributed by atoms with Crippen molar-refractivity contribution in [1.29, 1.82) is 0 Å². The van der Waals surface area contributed by atoms with Crippen LogP contribution in [0.15, 0.2) is 91.0 Å². The number of piperazine rings is 1. The van der Waals surface area contributed by atoms with Gasteiger partial charge in [-0.3, -0.25) is 19.4 Å². The molecular weight excluding hydrogens is 412 g/mol. The lowest BCUT2D eigenvalue weighted by Gasteiger charge is -2.39. The number of Topliss-reactive ketones (excluding diaryl/α,β-unsaturated/α-hetero) is 1. The van der Waals surface area contributed by atoms with E-state index in [1.54, 1.807) is 31.2 Å². The van der Waals surface area contributed by atoms with Crippen LogP contribution >= 0.6 is 0 Å². The number of hydrogen-bond acceptors (Lipinski definition) is 5. The molecule has 0 amide bonds. The summed E-state index contributed by atoms with van der Waals surface area (Å²) in [5, 5.41) is 0. The highest BCUT2D eigenvalue weighted by atomic mass is 16.5. The van der Waals surface area contributed by atoms with Gasteiger partial charge in [0, 0.05) is 31.7 Å². The molecule has 33 heavy (non-hydrogen) atoms. The Morgan fingerprint density at radius 1 is 0.758 bits per heavy atom. The third-order valence-electron chi connectivity index (χ3n) is 6.09. The fourth-order valence-corrected chi connectivity index (χ4v) is 4.37. The van der Waals surface area contributed by atoms with Gasteiger partial charge in [-0.15, -0.1) is 0 Å². The lowest BCUT2D eigenvalue weighted by Crippen LogP contribution is -2.49. The van der Waals surface area contributed by atoms with E-state index in [1.165, 1.54) is 11.1 Å². The van der Waals surface area contributed by atoms with Gasteiger partial charge < -0.3 is 4.74 Å². The summed E-state index contributed by atoms with van der Waals surface area (Å²) in [5.74, 6) is -0.537. The van der Waals surface area contributed by atoms with Crippen LogP contribution in [0.1, 0.15) is 34.5 Å². The fourth-order valence-electron chi connectivity index (χ4n) is 4.37. The second-order valence-corrected chi connectivity index (χ2v) is 8.40. The van der Waals surface area contributed by atoms with Gasteiger partial charge >= 0.3 is 5.97 Å². The van der Waals surface area contributed by atoms with Crippen molar-refractivity contribution in [2.24, 2.45) is 0 Å². The van der Waals surface area contributed by atoms with Crippen LogP contribution in [0.25, 0.3) is 0 Å². The third-order valence-corrected chi connectivity index (χ3v) is 6.09. The number of esters is 1. The molecule has 0 aromatic heterocycles. The molecule has 0 bridgehead atoms. The number of rotatable bonds is 8. The Hall–Kier alpha value is -3.28. The Balaban J connectivity index is 1.33. The van der Waals surface area contributed by atoms with E-state index >= 15 is 0 Å². The maximum Gasteiger partial charge on any atom is 0.320 e. The number of ether oxygens (including phenoxy) is 1. The van der Waals surface area contributed by atoms with Crippen LogP contribution in [-0.2, 0) is 9.53 Å². The Morgan fingerprint density at radius 2 is 1.24 bits per heavy atom. The Morgan fingerprint density at radius 3 is 1.76 bits per heavy atom. The average molecular weight is 443 g/mol. The van der Waals surface area contributed by atoms with Crippen LogP contribution < -0.4 is 0 Å². The molecule has 3 aromatic carbocycles. The van der Waals surface area contributed by atoms with Gasteiger partial charge in [-0.05, 0) is 18.1 Å². The van der Waals surface area contributed by atoms with Gasteiger partial charge in [-0.1, -0.05) is 91.0 Å². The lowest BCUT2D eigenvalue weighted by atomic mass is 9.96. The second-order valence-electron chi connectivity index (χ2n) is 8.40. The summed E-state index contributed by atoms with van der Waals surface area (Å²) in [6, 6.07) is 30.2. The normalized spacial score (nSPS) is 15.8. The minimum absolute atomic E-state index is 0.178. The quantitative estimate of drug-likeness (QED) is 0.386. The highest BCUT2D eigenvalue weighted by molar-refractivity contribution is 6.00. The van der Waals surface area contributed by atoms with Crippen LogP contribution in [0, 0.1) is 0 Å². The number of nitrogens with zero attached hydrogens (tertiary/aromatic N) is 2. The molecule has 1 atom stereocenters. The summed E-state index contributed by atoms with van der Waals surface area (Å²) >= 11 is 0. The van der Waals surface area contributed by atoms with Gasteiger partial charge in [0.15, 0.2) is 6.10 Å². The van der Waals surface area contributed by atoms with Crippen LogP contribution in [-0.4, -0.2) is 60.4 Å². The highest BCUT2D eigenvalue weighted by Crippen LogP contribution is 2.29. The summed E-state index contributed by atoms with van der Waals surface area (Å²) < 4.78 is 5.44. The van der Waals surface area contributed by atoms with Crippen molar-refractivity contribution >= 4 is 11.8 Å². The number of ketones is 1. The molecule has 5 nitrogen and oxygen atoms in total. The fraction of sp³-hybridized carbons (Fsp3) is 0.286. The van der Waals surface area contributed by atoms with Crippen molar-refractivity contribution in [3.8, 4) is 0 Å². The van der Waals surface area contributed by atoms with E-state index in [-0.39, 0.29) is 24.3 Å². The first-order valence-corrected chi connectivity index (χ1v) is 11.5. The third kappa shape index (κ3) is 5.95. The number of carbonyl (C=O) groups is 2. The van der Waals surface area contributed by atoms with Crippen molar-refractivity contribution in [3.63, 3.8) is 0 Å². The van der Waals surface area contributed by atoms with Gasteiger partial charge in [0.1, 0.15) is 0 Å². The topological polar surface area (TPSA) is 49.9 Å². The van der Waals surface area contributed by atoms with E-state index in [0.717, 1.165) is 26.2 Å². The zero-order valence-corrected chi connectivity index (χ0v) is 19.0.